The molecule has 1 unspecified atom stereocenters. The third-order valence-electron chi connectivity index (χ3n) is 4.17. The lowest BCUT2D eigenvalue weighted by Crippen LogP contribution is -2.42. The number of morpholine rings is 1. The molecule has 1 saturated heterocycles. The molecule has 8 nitrogen and oxygen atoms in total. The lowest BCUT2D eigenvalue weighted by atomic mass is 10.1. The first kappa shape index (κ1) is 15.5. The van der Waals surface area contributed by atoms with Crippen LogP contribution in [-0.2, 0) is 11.8 Å². The van der Waals surface area contributed by atoms with Crippen LogP contribution in [-0.4, -0.2) is 50.3 Å². The molecule has 1 amide bonds. The predicted octanol–water partition coefficient (Wildman–Crippen LogP) is 1.68. The van der Waals surface area contributed by atoms with Gasteiger partial charge in [0.05, 0.1) is 19.4 Å². The van der Waals surface area contributed by atoms with E-state index in [-0.39, 0.29) is 12.0 Å². The van der Waals surface area contributed by atoms with Gasteiger partial charge in [-0.05, 0) is 24.3 Å². The molecule has 0 saturated carbocycles. The number of aryl methyl sites for hydroxylation is 1. The molecule has 1 aliphatic rings. The predicted molar refractivity (Wildman–Crippen MR) is 87.5 cm³/mol. The minimum Gasteiger partial charge on any atom is -0.463 e. The van der Waals surface area contributed by atoms with Crippen LogP contribution >= 0.6 is 0 Å². The van der Waals surface area contributed by atoms with Crippen molar-refractivity contribution in [3.05, 3.63) is 54.4 Å². The van der Waals surface area contributed by atoms with Crippen LogP contribution < -0.4 is 0 Å². The molecule has 3 aromatic heterocycles. The summed E-state index contributed by atoms with van der Waals surface area (Å²) in [5, 5.41) is 7.96. The SMILES string of the molecule is Cn1cnnc1C1CN(C(=O)c2ccnc(-c3ccco3)c2)CCO1. The molecule has 1 atom stereocenters. The van der Waals surface area contributed by atoms with Crippen LogP contribution in [0.25, 0.3) is 11.5 Å². The number of hydrogen-bond donors (Lipinski definition) is 0. The van der Waals surface area contributed by atoms with Crippen LogP contribution in [0.15, 0.2) is 47.5 Å². The molecule has 128 valence electrons. The normalized spacial score (nSPS) is 17.6. The van der Waals surface area contributed by atoms with Crippen molar-refractivity contribution < 1.29 is 13.9 Å². The summed E-state index contributed by atoms with van der Waals surface area (Å²) in [4.78, 5) is 18.9. The number of aromatic nitrogens is 4. The highest BCUT2D eigenvalue weighted by molar-refractivity contribution is 5.95. The zero-order valence-electron chi connectivity index (χ0n) is 13.7. The van der Waals surface area contributed by atoms with Crippen molar-refractivity contribution in [3.63, 3.8) is 0 Å². The smallest absolute Gasteiger partial charge is 0.254 e. The Morgan fingerprint density at radius 2 is 2.28 bits per heavy atom. The first-order valence-corrected chi connectivity index (χ1v) is 7.97. The molecule has 0 spiro atoms. The topological polar surface area (TPSA) is 86.3 Å². The highest BCUT2D eigenvalue weighted by atomic mass is 16.5. The van der Waals surface area contributed by atoms with Crippen LogP contribution in [0.4, 0.5) is 0 Å². The van der Waals surface area contributed by atoms with Gasteiger partial charge >= 0.3 is 0 Å². The van der Waals surface area contributed by atoms with Gasteiger partial charge in [-0.2, -0.15) is 0 Å². The van der Waals surface area contributed by atoms with Crippen molar-refractivity contribution in [3.8, 4) is 11.5 Å². The first-order valence-electron chi connectivity index (χ1n) is 7.97. The zero-order chi connectivity index (χ0) is 17.2. The Morgan fingerprint density at radius 1 is 1.36 bits per heavy atom. The van der Waals surface area contributed by atoms with E-state index >= 15 is 0 Å². The Labute approximate surface area is 144 Å². The zero-order valence-corrected chi connectivity index (χ0v) is 13.7. The number of hydrogen-bond acceptors (Lipinski definition) is 6. The molecule has 8 heteroatoms. The molecular weight excluding hydrogens is 322 g/mol. The van der Waals surface area contributed by atoms with E-state index in [1.54, 1.807) is 46.5 Å². The maximum Gasteiger partial charge on any atom is 0.254 e. The summed E-state index contributed by atoms with van der Waals surface area (Å²) in [7, 11) is 1.86. The van der Waals surface area contributed by atoms with Gasteiger partial charge in [-0.1, -0.05) is 0 Å². The number of amides is 1. The minimum atomic E-state index is -0.281. The van der Waals surface area contributed by atoms with Crippen LogP contribution in [0.1, 0.15) is 22.3 Å². The van der Waals surface area contributed by atoms with E-state index in [1.165, 1.54) is 0 Å². The minimum absolute atomic E-state index is 0.0642. The fourth-order valence-corrected chi connectivity index (χ4v) is 2.88. The number of rotatable bonds is 3. The molecule has 25 heavy (non-hydrogen) atoms. The van der Waals surface area contributed by atoms with E-state index in [0.717, 1.165) is 0 Å². The fourth-order valence-electron chi connectivity index (χ4n) is 2.88. The molecule has 4 heterocycles. The highest BCUT2D eigenvalue weighted by Crippen LogP contribution is 2.23. The molecular formula is C17H17N5O3. The first-order chi connectivity index (χ1) is 12.2. The molecule has 0 aromatic carbocycles. The van der Waals surface area contributed by atoms with E-state index in [2.05, 4.69) is 15.2 Å². The molecule has 0 bridgehead atoms. The van der Waals surface area contributed by atoms with E-state index in [9.17, 15) is 4.79 Å². The average molecular weight is 339 g/mol. The molecule has 1 aliphatic heterocycles. The van der Waals surface area contributed by atoms with Crippen molar-refractivity contribution in [2.24, 2.45) is 7.05 Å². The molecule has 4 rings (SSSR count). The van der Waals surface area contributed by atoms with Gasteiger partial charge in [0.25, 0.3) is 5.91 Å². The Bertz CT molecular complexity index is 874. The summed E-state index contributed by atoms with van der Waals surface area (Å²) in [5.74, 6) is 1.28. The summed E-state index contributed by atoms with van der Waals surface area (Å²) in [6, 6.07) is 7.06. The summed E-state index contributed by atoms with van der Waals surface area (Å²) in [6.45, 7) is 1.43. The Morgan fingerprint density at radius 3 is 3.04 bits per heavy atom. The van der Waals surface area contributed by atoms with Crippen molar-refractivity contribution in [1.29, 1.82) is 0 Å². The highest BCUT2D eigenvalue weighted by Gasteiger charge is 2.29. The third kappa shape index (κ3) is 3.03. The van der Waals surface area contributed by atoms with Gasteiger partial charge in [-0.15, -0.1) is 10.2 Å². The number of nitrogens with zero attached hydrogens (tertiary/aromatic N) is 5. The molecule has 0 radical (unpaired) electrons. The van der Waals surface area contributed by atoms with Gasteiger partial charge < -0.3 is 18.6 Å². The van der Waals surface area contributed by atoms with Gasteiger partial charge in [0.2, 0.25) is 0 Å². The Kier molecular flexibility index (Phi) is 4.02. The van der Waals surface area contributed by atoms with Crippen molar-refractivity contribution in [2.75, 3.05) is 19.7 Å². The second kappa shape index (κ2) is 6.48. The quantitative estimate of drug-likeness (QED) is 0.722. The average Bonchev–Trinajstić information content (AvgIpc) is 3.33. The fraction of sp³-hybridized carbons (Fsp3) is 0.294. The van der Waals surface area contributed by atoms with Crippen molar-refractivity contribution in [2.45, 2.75) is 6.10 Å². The summed E-state index contributed by atoms with van der Waals surface area (Å²) >= 11 is 0. The van der Waals surface area contributed by atoms with Crippen molar-refractivity contribution in [1.82, 2.24) is 24.6 Å². The number of furan rings is 1. The van der Waals surface area contributed by atoms with Crippen molar-refractivity contribution >= 4 is 5.91 Å². The third-order valence-corrected chi connectivity index (χ3v) is 4.17. The lowest BCUT2D eigenvalue weighted by Gasteiger charge is -2.32. The second-order valence-electron chi connectivity index (χ2n) is 5.82. The number of ether oxygens (including phenoxy) is 1. The molecule has 3 aromatic rings. The molecule has 0 aliphatic carbocycles. The van der Waals surface area contributed by atoms with Crippen LogP contribution in [0.3, 0.4) is 0 Å². The van der Waals surface area contributed by atoms with E-state index < -0.39 is 0 Å². The molecule has 0 N–H and O–H groups in total. The van der Waals surface area contributed by atoms with Crippen LogP contribution in [0.2, 0.25) is 0 Å². The van der Waals surface area contributed by atoms with Gasteiger partial charge in [0.15, 0.2) is 11.6 Å². The van der Waals surface area contributed by atoms with E-state index in [4.69, 9.17) is 9.15 Å². The van der Waals surface area contributed by atoms with Gasteiger partial charge in [-0.25, -0.2) is 0 Å². The Balaban J connectivity index is 1.54. The van der Waals surface area contributed by atoms with Gasteiger partial charge in [0.1, 0.15) is 18.1 Å². The Hall–Kier alpha value is -3.00. The van der Waals surface area contributed by atoms with Gasteiger partial charge in [0, 0.05) is 25.4 Å². The maximum atomic E-state index is 12.9. The number of pyridine rings is 1. The second-order valence-corrected chi connectivity index (χ2v) is 5.82. The monoisotopic (exact) mass is 339 g/mol. The van der Waals surface area contributed by atoms with E-state index in [1.807, 2.05) is 13.1 Å². The standard InChI is InChI=1S/C17H17N5O3/c1-21-11-19-20-16(21)15-10-22(6-8-25-15)17(23)12-4-5-18-13(9-12)14-3-2-7-24-14/h2-5,7,9,11,15H,6,8,10H2,1H3. The van der Waals surface area contributed by atoms with Crippen LogP contribution in [0.5, 0.6) is 0 Å². The summed E-state index contributed by atoms with van der Waals surface area (Å²) in [5.41, 5.74) is 1.20. The van der Waals surface area contributed by atoms with E-state index in [0.29, 0.717) is 42.5 Å². The van der Waals surface area contributed by atoms with Crippen LogP contribution in [0, 0.1) is 0 Å². The summed E-state index contributed by atoms with van der Waals surface area (Å²) < 4.78 is 12.9. The van der Waals surface area contributed by atoms with Gasteiger partial charge in [-0.3, -0.25) is 9.78 Å². The summed E-state index contributed by atoms with van der Waals surface area (Å²) in [6.07, 6.45) is 4.54. The largest absolute Gasteiger partial charge is 0.463 e. The molecule has 1 fully saturated rings. The number of carbonyl (C=O) groups is 1. The lowest BCUT2D eigenvalue weighted by molar-refractivity contribution is -0.0281. The maximum absolute atomic E-state index is 12.9. The number of carbonyl (C=O) groups excluding carboxylic acids is 1.